The number of halogens is 1. The van der Waals surface area contributed by atoms with Crippen LogP contribution in [0.25, 0.3) is 11.3 Å². The molecule has 0 spiro atoms. The fraction of sp³-hybridized carbons (Fsp3) is 0.550. The second-order valence-electron chi connectivity index (χ2n) is 8.04. The van der Waals surface area contributed by atoms with E-state index in [-0.39, 0.29) is 0 Å². The van der Waals surface area contributed by atoms with Gasteiger partial charge in [0, 0.05) is 29.1 Å². The number of rotatable bonds is 2. The molecule has 0 bridgehead atoms. The summed E-state index contributed by atoms with van der Waals surface area (Å²) >= 11 is 6.11. The molecule has 1 aliphatic carbocycles. The highest BCUT2D eigenvalue weighted by Crippen LogP contribution is 2.45. The Hall–Kier alpha value is -1.32. The molecule has 1 fully saturated rings. The predicted molar refractivity (Wildman–Crippen MR) is 99.6 cm³/mol. The lowest BCUT2D eigenvalue weighted by molar-refractivity contribution is 0.350. The predicted octanol–water partition coefficient (Wildman–Crippen LogP) is 4.64. The third-order valence-electron chi connectivity index (χ3n) is 5.59. The van der Waals surface area contributed by atoms with Gasteiger partial charge in [-0.15, -0.1) is 0 Å². The third kappa shape index (κ3) is 3.00. The van der Waals surface area contributed by atoms with Gasteiger partial charge >= 0.3 is 0 Å². The molecule has 1 aromatic carbocycles. The first-order valence-corrected chi connectivity index (χ1v) is 9.48. The quantitative estimate of drug-likeness (QED) is 0.860. The number of nitrogens with zero attached hydrogens (tertiary/aromatic N) is 2. The summed E-state index contributed by atoms with van der Waals surface area (Å²) in [6.45, 7) is 6.83. The van der Waals surface area contributed by atoms with Gasteiger partial charge in [-0.1, -0.05) is 37.6 Å². The molecule has 1 unspecified atom stereocenters. The Morgan fingerprint density at radius 3 is 2.62 bits per heavy atom. The van der Waals surface area contributed by atoms with E-state index in [4.69, 9.17) is 16.7 Å². The summed E-state index contributed by atoms with van der Waals surface area (Å²) in [5.41, 5.74) is 5.72. The minimum Gasteiger partial charge on any atom is -0.316 e. The van der Waals surface area contributed by atoms with Crippen LogP contribution in [0.3, 0.4) is 0 Å². The van der Waals surface area contributed by atoms with Gasteiger partial charge in [0.2, 0.25) is 0 Å². The highest BCUT2D eigenvalue weighted by molar-refractivity contribution is 6.30. The maximum absolute atomic E-state index is 6.11. The van der Waals surface area contributed by atoms with E-state index in [2.05, 4.69) is 36.0 Å². The van der Waals surface area contributed by atoms with E-state index in [1.165, 1.54) is 41.8 Å². The second kappa shape index (κ2) is 6.20. The summed E-state index contributed by atoms with van der Waals surface area (Å²) < 4.78 is 2.36. The number of benzene rings is 1. The normalized spacial score (nSPS) is 23.0. The minimum atomic E-state index is 0.423. The first kappa shape index (κ1) is 16.2. The Morgan fingerprint density at radius 1 is 1.17 bits per heavy atom. The van der Waals surface area contributed by atoms with Crippen molar-refractivity contribution in [2.45, 2.75) is 52.0 Å². The van der Waals surface area contributed by atoms with Crippen LogP contribution >= 0.6 is 11.6 Å². The summed E-state index contributed by atoms with van der Waals surface area (Å²) in [5, 5.41) is 9.39. The fourth-order valence-electron chi connectivity index (χ4n) is 4.31. The number of hydrogen-bond donors (Lipinski definition) is 1. The monoisotopic (exact) mass is 343 g/mol. The van der Waals surface area contributed by atoms with Crippen molar-refractivity contribution in [3.05, 3.63) is 40.5 Å². The van der Waals surface area contributed by atoms with Gasteiger partial charge in [0.25, 0.3) is 0 Å². The maximum atomic E-state index is 6.11. The van der Waals surface area contributed by atoms with Gasteiger partial charge in [-0.3, -0.25) is 4.68 Å². The van der Waals surface area contributed by atoms with Crippen LogP contribution in [0.5, 0.6) is 0 Å². The maximum Gasteiger partial charge on any atom is 0.0720 e. The molecule has 24 heavy (non-hydrogen) atoms. The van der Waals surface area contributed by atoms with Crippen LogP contribution in [0, 0.1) is 5.41 Å². The topological polar surface area (TPSA) is 29.9 Å². The zero-order valence-electron chi connectivity index (χ0n) is 14.6. The van der Waals surface area contributed by atoms with Crippen molar-refractivity contribution in [3.8, 4) is 11.3 Å². The summed E-state index contributed by atoms with van der Waals surface area (Å²) in [4.78, 5) is 0. The summed E-state index contributed by atoms with van der Waals surface area (Å²) in [7, 11) is 0. The van der Waals surface area contributed by atoms with Crippen molar-refractivity contribution in [1.29, 1.82) is 0 Å². The van der Waals surface area contributed by atoms with E-state index in [0.717, 1.165) is 31.0 Å². The number of hydrogen-bond acceptors (Lipinski definition) is 2. The summed E-state index contributed by atoms with van der Waals surface area (Å²) in [5.74, 6) is 0. The Morgan fingerprint density at radius 2 is 1.92 bits per heavy atom. The fourth-order valence-corrected chi connectivity index (χ4v) is 4.44. The van der Waals surface area contributed by atoms with Crippen LogP contribution in [-0.2, 0) is 12.8 Å². The zero-order chi connectivity index (χ0) is 16.7. The van der Waals surface area contributed by atoms with Crippen LogP contribution in [0.4, 0.5) is 0 Å². The molecule has 2 heterocycles. The molecule has 4 heteroatoms. The molecule has 1 aliphatic heterocycles. The SMILES string of the molecule is CC1(C)CCC(n2nc3c(c2-c2ccc(Cl)cc2)CCNCC3)C1. The van der Waals surface area contributed by atoms with E-state index < -0.39 is 0 Å². The smallest absolute Gasteiger partial charge is 0.0720 e. The summed E-state index contributed by atoms with van der Waals surface area (Å²) in [6, 6.07) is 8.80. The lowest BCUT2D eigenvalue weighted by Gasteiger charge is -2.19. The van der Waals surface area contributed by atoms with Crippen molar-refractivity contribution in [3.63, 3.8) is 0 Å². The van der Waals surface area contributed by atoms with Crippen molar-refractivity contribution >= 4 is 11.6 Å². The minimum absolute atomic E-state index is 0.423. The van der Waals surface area contributed by atoms with Crippen LogP contribution in [-0.4, -0.2) is 22.9 Å². The first-order chi connectivity index (χ1) is 11.5. The molecular formula is C20H26ClN3. The van der Waals surface area contributed by atoms with Gasteiger partial charge in [-0.2, -0.15) is 5.10 Å². The molecule has 0 radical (unpaired) electrons. The van der Waals surface area contributed by atoms with Gasteiger partial charge in [0.05, 0.1) is 17.4 Å². The van der Waals surface area contributed by atoms with Crippen LogP contribution in [0.2, 0.25) is 5.02 Å². The van der Waals surface area contributed by atoms with Crippen molar-refractivity contribution < 1.29 is 0 Å². The Bertz CT molecular complexity index is 730. The van der Waals surface area contributed by atoms with E-state index in [1.54, 1.807) is 0 Å². The molecule has 0 amide bonds. The average molecular weight is 344 g/mol. The van der Waals surface area contributed by atoms with Crippen LogP contribution in [0.1, 0.15) is 50.4 Å². The van der Waals surface area contributed by atoms with Gasteiger partial charge in [-0.05, 0) is 49.8 Å². The Kier molecular flexibility index (Phi) is 4.17. The molecule has 3 nitrogen and oxygen atoms in total. The average Bonchev–Trinajstić information content (AvgIpc) is 3.00. The highest BCUT2D eigenvalue weighted by Gasteiger charge is 2.35. The molecule has 1 aromatic heterocycles. The molecule has 0 saturated heterocycles. The highest BCUT2D eigenvalue weighted by atomic mass is 35.5. The van der Waals surface area contributed by atoms with E-state index in [0.29, 0.717) is 11.5 Å². The molecule has 4 rings (SSSR count). The first-order valence-electron chi connectivity index (χ1n) is 9.10. The number of fused-ring (bicyclic) bond motifs is 1. The Balaban J connectivity index is 1.82. The van der Waals surface area contributed by atoms with E-state index >= 15 is 0 Å². The molecule has 1 saturated carbocycles. The van der Waals surface area contributed by atoms with Crippen molar-refractivity contribution in [2.24, 2.45) is 5.41 Å². The Labute approximate surface area is 149 Å². The van der Waals surface area contributed by atoms with Crippen molar-refractivity contribution in [2.75, 3.05) is 13.1 Å². The van der Waals surface area contributed by atoms with Crippen molar-refractivity contribution in [1.82, 2.24) is 15.1 Å². The molecular weight excluding hydrogens is 318 g/mol. The van der Waals surface area contributed by atoms with Crippen LogP contribution < -0.4 is 5.32 Å². The summed E-state index contributed by atoms with van der Waals surface area (Å²) in [6.07, 6.45) is 5.81. The zero-order valence-corrected chi connectivity index (χ0v) is 15.4. The second-order valence-corrected chi connectivity index (χ2v) is 8.47. The largest absolute Gasteiger partial charge is 0.316 e. The van der Waals surface area contributed by atoms with E-state index in [1.807, 2.05) is 12.1 Å². The molecule has 1 atom stereocenters. The number of nitrogens with one attached hydrogen (secondary N) is 1. The number of aromatic nitrogens is 2. The van der Waals surface area contributed by atoms with Gasteiger partial charge in [0.1, 0.15) is 0 Å². The lowest BCUT2D eigenvalue weighted by atomic mass is 9.92. The van der Waals surface area contributed by atoms with E-state index in [9.17, 15) is 0 Å². The third-order valence-corrected chi connectivity index (χ3v) is 5.84. The van der Waals surface area contributed by atoms with Gasteiger partial charge < -0.3 is 5.32 Å². The molecule has 128 valence electrons. The molecule has 1 N–H and O–H groups in total. The molecule has 2 aliphatic rings. The lowest BCUT2D eigenvalue weighted by Crippen LogP contribution is -2.18. The van der Waals surface area contributed by atoms with Gasteiger partial charge in [0.15, 0.2) is 0 Å². The molecule has 2 aromatic rings. The van der Waals surface area contributed by atoms with Gasteiger partial charge in [-0.25, -0.2) is 0 Å². The van der Waals surface area contributed by atoms with Crippen LogP contribution in [0.15, 0.2) is 24.3 Å². The standard InChI is InChI=1S/C20H26ClN3/c1-20(2)10-7-16(13-20)24-19(14-3-5-15(21)6-4-14)17-8-11-22-12-9-18(17)23-24/h3-6,16,22H,7-13H2,1-2H3.